The monoisotopic (exact) mass is 410 g/mol. The van der Waals surface area contributed by atoms with Crippen LogP contribution in [-0.2, 0) is 14.3 Å². The first-order valence-electron chi connectivity index (χ1n) is 9.83. The molecule has 0 saturated heterocycles. The highest BCUT2D eigenvalue weighted by molar-refractivity contribution is 6.01. The summed E-state index contributed by atoms with van der Waals surface area (Å²) in [5.41, 5.74) is 1.17. The van der Waals surface area contributed by atoms with E-state index in [2.05, 4.69) is 5.32 Å². The first-order chi connectivity index (χ1) is 14.4. The third-order valence-corrected chi connectivity index (χ3v) is 4.02. The molecular weight excluding hydrogens is 384 g/mol. The quantitative estimate of drug-likeness (QED) is 0.275. The largest absolute Gasteiger partial charge is 0.462 e. The van der Waals surface area contributed by atoms with E-state index >= 15 is 0 Å². The number of furan rings is 1. The van der Waals surface area contributed by atoms with Gasteiger partial charge in [0.1, 0.15) is 23.2 Å². The van der Waals surface area contributed by atoms with Crippen LogP contribution >= 0.6 is 0 Å². The van der Waals surface area contributed by atoms with Gasteiger partial charge in [-0.1, -0.05) is 12.1 Å². The lowest BCUT2D eigenvalue weighted by molar-refractivity contribution is -0.117. The van der Waals surface area contributed by atoms with E-state index in [4.69, 9.17) is 13.9 Å². The minimum absolute atomic E-state index is 0.0432. The lowest BCUT2D eigenvalue weighted by Gasteiger charge is -2.07. The van der Waals surface area contributed by atoms with Gasteiger partial charge >= 0.3 is 5.97 Å². The van der Waals surface area contributed by atoms with E-state index in [1.54, 1.807) is 43.3 Å². The molecule has 0 aliphatic rings. The van der Waals surface area contributed by atoms with E-state index in [0.29, 0.717) is 43.3 Å². The highest BCUT2D eigenvalue weighted by atomic mass is 16.5. The average Bonchev–Trinajstić information content (AvgIpc) is 3.20. The second kappa shape index (κ2) is 11.6. The minimum Gasteiger partial charge on any atom is -0.462 e. The summed E-state index contributed by atoms with van der Waals surface area (Å²) in [6.45, 7) is 6.92. The van der Waals surface area contributed by atoms with Gasteiger partial charge < -0.3 is 19.2 Å². The number of hydrogen-bond acceptors (Lipinski definition) is 6. The molecule has 0 aliphatic carbocycles. The zero-order valence-electron chi connectivity index (χ0n) is 17.4. The number of esters is 1. The number of amides is 1. The number of benzene rings is 1. The lowest BCUT2D eigenvalue weighted by Crippen LogP contribution is -2.26. The molecule has 2 aromatic rings. The maximum atomic E-state index is 12.2. The Balaban J connectivity index is 2.00. The van der Waals surface area contributed by atoms with E-state index in [-0.39, 0.29) is 17.6 Å². The summed E-state index contributed by atoms with van der Waals surface area (Å²) in [7, 11) is 0. The summed E-state index contributed by atoms with van der Waals surface area (Å²) >= 11 is 0. The summed E-state index contributed by atoms with van der Waals surface area (Å²) in [6.07, 6.45) is 2.20. The topological polar surface area (TPSA) is 102 Å². The van der Waals surface area contributed by atoms with Crippen LogP contribution in [0, 0.1) is 11.3 Å². The van der Waals surface area contributed by atoms with E-state index in [1.165, 1.54) is 6.08 Å². The normalized spacial score (nSPS) is 11.2. The zero-order chi connectivity index (χ0) is 21.9. The van der Waals surface area contributed by atoms with E-state index in [1.807, 2.05) is 19.9 Å². The Hall–Kier alpha value is -3.37. The fraction of sp³-hybridized carbons (Fsp3) is 0.348. The van der Waals surface area contributed by atoms with E-state index < -0.39 is 5.91 Å². The van der Waals surface area contributed by atoms with E-state index in [9.17, 15) is 14.9 Å². The smallest absolute Gasteiger partial charge is 0.338 e. The van der Waals surface area contributed by atoms with Crippen LogP contribution in [-0.4, -0.2) is 37.7 Å². The second-order valence-electron chi connectivity index (χ2n) is 6.70. The number of nitrogens with zero attached hydrogens (tertiary/aromatic N) is 1. The van der Waals surface area contributed by atoms with Gasteiger partial charge in [0.2, 0.25) is 0 Å². The molecule has 0 spiro atoms. The molecule has 1 aromatic carbocycles. The van der Waals surface area contributed by atoms with Crippen molar-refractivity contribution in [3.05, 3.63) is 53.3 Å². The maximum Gasteiger partial charge on any atom is 0.338 e. The molecule has 0 aliphatic heterocycles. The molecule has 158 valence electrons. The predicted molar refractivity (Wildman–Crippen MR) is 112 cm³/mol. The van der Waals surface area contributed by atoms with Crippen LogP contribution in [0.5, 0.6) is 0 Å². The van der Waals surface area contributed by atoms with Gasteiger partial charge in [-0.2, -0.15) is 5.26 Å². The molecule has 1 heterocycles. The number of ether oxygens (including phenoxy) is 2. The minimum atomic E-state index is -0.459. The van der Waals surface area contributed by atoms with Crippen molar-refractivity contribution < 1.29 is 23.5 Å². The molecule has 0 saturated carbocycles. The third-order valence-electron chi connectivity index (χ3n) is 4.02. The standard InChI is InChI=1S/C23H26N2O5/c1-4-28-23(27)18-8-6-17(7-9-18)21-11-10-20(30-21)14-19(15-24)22(26)25-12-5-13-29-16(2)3/h6-11,14,16H,4-5,12-13H2,1-3H3,(H,25,26)/b19-14-. The lowest BCUT2D eigenvalue weighted by atomic mass is 10.1. The van der Waals surface area contributed by atoms with Gasteiger partial charge in [-0.3, -0.25) is 4.79 Å². The summed E-state index contributed by atoms with van der Waals surface area (Å²) in [5, 5.41) is 12.0. The molecule has 2 rings (SSSR count). The maximum absolute atomic E-state index is 12.2. The SMILES string of the molecule is CCOC(=O)c1ccc(-c2ccc(/C=C(/C#N)C(=O)NCCCOC(C)C)o2)cc1. The van der Waals surface area contributed by atoms with Gasteiger partial charge in [0.15, 0.2) is 0 Å². The van der Waals surface area contributed by atoms with Gasteiger partial charge in [-0.15, -0.1) is 0 Å². The molecule has 0 bridgehead atoms. The molecule has 7 nitrogen and oxygen atoms in total. The van der Waals surface area contributed by atoms with Crippen LogP contribution in [0.2, 0.25) is 0 Å². The van der Waals surface area contributed by atoms with Gasteiger partial charge in [0, 0.05) is 24.8 Å². The highest BCUT2D eigenvalue weighted by Crippen LogP contribution is 2.24. The molecular formula is C23H26N2O5. The number of nitriles is 1. The van der Waals surface area contributed by atoms with Crippen molar-refractivity contribution in [3.63, 3.8) is 0 Å². The highest BCUT2D eigenvalue weighted by Gasteiger charge is 2.12. The van der Waals surface area contributed by atoms with Gasteiger partial charge in [-0.25, -0.2) is 4.79 Å². The van der Waals surface area contributed by atoms with Crippen molar-refractivity contribution in [3.8, 4) is 17.4 Å². The number of carbonyl (C=O) groups is 2. The Morgan fingerprint density at radius 1 is 1.20 bits per heavy atom. The van der Waals surface area contributed by atoms with Crippen LogP contribution in [0.15, 0.2) is 46.4 Å². The summed E-state index contributed by atoms with van der Waals surface area (Å²) in [6, 6.07) is 12.1. The number of nitrogens with one attached hydrogen (secondary N) is 1. The second-order valence-corrected chi connectivity index (χ2v) is 6.70. The number of carbonyl (C=O) groups excluding carboxylic acids is 2. The van der Waals surface area contributed by atoms with Crippen molar-refractivity contribution in [1.29, 1.82) is 5.26 Å². The van der Waals surface area contributed by atoms with Crippen LogP contribution in [0.3, 0.4) is 0 Å². The molecule has 0 atom stereocenters. The molecule has 0 fully saturated rings. The number of rotatable bonds is 10. The summed E-state index contributed by atoms with van der Waals surface area (Å²) in [4.78, 5) is 23.9. The first-order valence-corrected chi connectivity index (χ1v) is 9.83. The molecule has 0 radical (unpaired) electrons. The average molecular weight is 410 g/mol. The molecule has 1 aromatic heterocycles. The zero-order valence-corrected chi connectivity index (χ0v) is 17.4. The Bertz CT molecular complexity index is 920. The van der Waals surface area contributed by atoms with Crippen LogP contribution < -0.4 is 5.32 Å². The molecule has 7 heteroatoms. The van der Waals surface area contributed by atoms with Gasteiger partial charge in [0.05, 0.1) is 18.3 Å². The van der Waals surface area contributed by atoms with Crippen molar-refractivity contribution in [2.75, 3.05) is 19.8 Å². The fourth-order valence-electron chi connectivity index (χ4n) is 2.55. The van der Waals surface area contributed by atoms with Gasteiger partial charge in [-0.05, 0) is 51.5 Å². The van der Waals surface area contributed by atoms with Crippen molar-refractivity contribution in [2.45, 2.75) is 33.3 Å². The predicted octanol–water partition coefficient (Wildman–Crippen LogP) is 3.96. The molecule has 1 N–H and O–H groups in total. The Morgan fingerprint density at radius 3 is 2.57 bits per heavy atom. The summed E-state index contributed by atoms with van der Waals surface area (Å²) < 4.78 is 16.1. The van der Waals surface area contributed by atoms with Crippen molar-refractivity contribution >= 4 is 18.0 Å². The van der Waals surface area contributed by atoms with Crippen LogP contribution in [0.4, 0.5) is 0 Å². The Morgan fingerprint density at radius 2 is 1.93 bits per heavy atom. The van der Waals surface area contributed by atoms with Crippen LogP contribution in [0.25, 0.3) is 17.4 Å². The Kier molecular flexibility index (Phi) is 8.85. The fourth-order valence-corrected chi connectivity index (χ4v) is 2.55. The first kappa shape index (κ1) is 22.9. The molecule has 1 amide bonds. The van der Waals surface area contributed by atoms with E-state index in [0.717, 1.165) is 5.56 Å². The van der Waals surface area contributed by atoms with Gasteiger partial charge in [0.25, 0.3) is 5.91 Å². The molecule has 0 unspecified atom stereocenters. The number of hydrogen-bond donors (Lipinski definition) is 1. The van der Waals surface area contributed by atoms with Crippen LogP contribution in [0.1, 0.15) is 43.3 Å². The Labute approximate surface area is 176 Å². The summed E-state index contributed by atoms with van der Waals surface area (Å²) in [5.74, 6) is 0.0980. The van der Waals surface area contributed by atoms with Crippen molar-refractivity contribution in [2.24, 2.45) is 0 Å². The van der Waals surface area contributed by atoms with Crippen molar-refractivity contribution in [1.82, 2.24) is 5.32 Å². The molecule has 30 heavy (non-hydrogen) atoms. The third kappa shape index (κ3) is 6.90.